The summed E-state index contributed by atoms with van der Waals surface area (Å²) in [5, 5.41) is 16.0. The first kappa shape index (κ1) is 20.6. The Kier molecular flexibility index (Phi) is 5.99. The van der Waals surface area contributed by atoms with E-state index in [9.17, 15) is 27.5 Å². The number of benzene rings is 1. The minimum absolute atomic E-state index is 0.241. The normalized spacial score (nSPS) is 13.6. The number of halogens is 4. The fourth-order valence-electron chi connectivity index (χ4n) is 2.55. The molecule has 2 rings (SSSR count). The van der Waals surface area contributed by atoms with Gasteiger partial charge in [-0.15, -0.1) is 0 Å². The van der Waals surface area contributed by atoms with Crippen LogP contribution in [0.5, 0.6) is 0 Å². The topological polar surface area (TPSA) is 79.5 Å². The molecule has 0 aliphatic heterocycles. The molecular formula is C17H18F4N4O2. The molecule has 2 aromatic rings. The molecule has 0 radical (unpaired) electrons. The predicted octanol–water partition coefficient (Wildman–Crippen LogP) is 3.25. The Balaban J connectivity index is 2.53. The maximum Gasteiger partial charge on any atom is 0.419 e. The summed E-state index contributed by atoms with van der Waals surface area (Å²) < 4.78 is 53.5. The molecule has 0 fully saturated rings. The number of rotatable bonds is 5. The Bertz CT molecular complexity index is 875. The van der Waals surface area contributed by atoms with Crippen LogP contribution in [0, 0.1) is 12.7 Å². The first-order valence-electron chi connectivity index (χ1n) is 7.91. The molecule has 146 valence electrons. The number of amides is 1. The van der Waals surface area contributed by atoms with Crippen molar-refractivity contribution < 1.29 is 27.5 Å². The van der Waals surface area contributed by atoms with E-state index >= 15 is 0 Å². The van der Waals surface area contributed by atoms with Crippen LogP contribution in [0.1, 0.15) is 42.3 Å². The Labute approximate surface area is 152 Å². The summed E-state index contributed by atoms with van der Waals surface area (Å²) in [5.74, 6) is -0.842. The molecule has 2 N–H and O–H groups in total. The quantitative estimate of drug-likeness (QED) is 0.358. The van der Waals surface area contributed by atoms with Crippen LogP contribution in [0.25, 0.3) is 0 Å². The number of carbonyl (C=O) groups excluding carboxylic acids is 1. The van der Waals surface area contributed by atoms with Gasteiger partial charge in [-0.1, -0.05) is 6.07 Å². The molecule has 0 spiro atoms. The second kappa shape index (κ2) is 7.87. The van der Waals surface area contributed by atoms with Crippen LogP contribution in [0.15, 0.2) is 23.2 Å². The summed E-state index contributed by atoms with van der Waals surface area (Å²) >= 11 is 0. The molecule has 10 heteroatoms. The lowest BCUT2D eigenvalue weighted by Crippen LogP contribution is -2.18. The van der Waals surface area contributed by atoms with Gasteiger partial charge in [-0.05, 0) is 38.5 Å². The molecule has 1 atom stereocenters. The zero-order chi connectivity index (χ0) is 20.4. The molecule has 0 aliphatic rings. The van der Waals surface area contributed by atoms with Gasteiger partial charge in [-0.25, -0.2) is 14.1 Å². The summed E-state index contributed by atoms with van der Waals surface area (Å²) in [6, 6.07) is 1.96. The van der Waals surface area contributed by atoms with Crippen LogP contribution in [-0.2, 0) is 17.6 Å². The van der Waals surface area contributed by atoms with Crippen molar-refractivity contribution in [2.45, 2.75) is 39.6 Å². The standard InChI is InChI=1S/C17H18F4N4O2/c1-9-15(7-26)24-25(16(9)23-11(3)22-8-27)10(2)12-4-5-13(14(18)6-12)17(19,20)21/h4-6,8,10,26H,7H2,1-3H3,(H,22,23,27). The Hall–Kier alpha value is -2.75. The molecule has 6 nitrogen and oxygen atoms in total. The van der Waals surface area contributed by atoms with Crippen LogP contribution < -0.4 is 5.32 Å². The predicted molar refractivity (Wildman–Crippen MR) is 90.1 cm³/mol. The van der Waals surface area contributed by atoms with Gasteiger partial charge in [0.05, 0.1) is 23.9 Å². The molecule has 0 bridgehead atoms. The zero-order valence-corrected chi connectivity index (χ0v) is 14.8. The molecule has 1 heterocycles. The highest BCUT2D eigenvalue weighted by Gasteiger charge is 2.34. The van der Waals surface area contributed by atoms with E-state index in [0.29, 0.717) is 29.6 Å². The summed E-state index contributed by atoms with van der Waals surface area (Å²) in [4.78, 5) is 14.8. The molecule has 0 saturated heterocycles. The molecule has 1 aromatic heterocycles. The maximum absolute atomic E-state index is 13.9. The Morgan fingerprint density at radius 3 is 2.63 bits per heavy atom. The second-order valence-electron chi connectivity index (χ2n) is 5.87. The molecule has 0 saturated carbocycles. The van der Waals surface area contributed by atoms with Crippen LogP contribution >= 0.6 is 0 Å². The Morgan fingerprint density at radius 1 is 1.44 bits per heavy atom. The number of aromatic nitrogens is 2. The molecule has 1 amide bonds. The fourth-order valence-corrected chi connectivity index (χ4v) is 2.55. The number of nitrogens with one attached hydrogen (secondary N) is 1. The van der Waals surface area contributed by atoms with E-state index in [1.807, 2.05) is 0 Å². The lowest BCUT2D eigenvalue weighted by molar-refractivity contribution is -0.140. The third-order valence-corrected chi connectivity index (χ3v) is 4.05. The van der Waals surface area contributed by atoms with Gasteiger partial charge in [-0.2, -0.15) is 18.3 Å². The first-order valence-corrected chi connectivity index (χ1v) is 7.91. The van der Waals surface area contributed by atoms with Crippen molar-refractivity contribution in [3.8, 4) is 0 Å². The van der Waals surface area contributed by atoms with Crippen LogP contribution in [0.4, 0.5) is 23.4 Å². The number of aliphatic hydroxyl groups excluding tert-OH is 1. The largest absolute Gasteiger partial charge is 0.419 e. The molecular weight excluding hydrogens is 368 g/mol. The second-order valence-corrected chi connectivity index (χ2v) is 5.87. The van der Waals surface area contributed by atoms with Crippen molar-refractivity contribution in [3.05, 3.63) is 46.4 Å². The monoisotopic (exact) mass is 386 g/mol. The zero-order valence-electron chi connectivity index (χ0n) is 14.8. The van der Waals surface area contributed by atoms with Crippen LogP contribution in [0.3, 0.4) is 0 Å². The summed E-state index contributed by atoms with van der Waals surface area (Å²) in [6.07, 6.45) is -4.35. The summed E-state index contributed by atoms with van der Waals surface area (Å²) in [7, 11) is 0. The highest BCUT2D eigenvalue weighted by Crippen LogP contribution is 2.34. The third kappa shape index (κ3) is 4.33. The van der Waals surface area contributed by atoms with Gasteiger partial charge in [0.25, 0.3) is 0 Å². The van der Waals surface area contributed by atoms with Crippen molar-refractivity contribution in [1.82, 2.24) is 15.1 Å². The number of hydrogen-bond acceptors (Lipinski definition) is 4. The van der Waals surface area contributed by atoms with E-state index in [2.05, 4.69) is 15.4 Å². The van der Waals surface area contributed by atoms with E-state index in [0.717, 1.165) is 12.1 Å². The minimum atomic E-state index is -4.79. The van der Waals surface area contributed by atoms with Crippen molar-refractivity contribution in [2.24, 2.45) is 4.99 Å². The minimum Gasteiger partial charge on any atom is -0.390 e. The van der Waals surface area contributed by atoms with Crippen LogP contribution in [0.2, 0.25) is 0 Å². The van der Waals surface area contributed by atoms with E-state index in [4.69, 9.17) is 0 Å². The third-order valence-electron chi connectivity index (χ3n) is 4.05. The van der Waals surface area contributed by atoms with Gasteiger partial charge in [0.15, 0.2) is 5.82 Å². The number of aliphatic hydroxyl groups is 1. The number of alkyl halides is 3. The van der Waals surface area contributed by atoms with Gasteiger partial charge in [0.2, 0.25) is 6.41 Å². The summed E-state index contributed by atoms with van der Waals surface area (Å²) in [5.41, 5.74) is -0.268. The fraction of sp³-hybridized carbons (Fsp3) is 0.353. The van der Waals surface area contributed by atoms with E-state index in [-0.39, 0.29) is 18.0 Å². The van der Waals surface area contributed by atoms with Gasteiger partial charge in [0.1, 0.15) is 11.7 Å². The number of aliphatic imine (C=N–C) groups is 1. The van der Waals surface area contributed by atoms with E-state index in [1.54, 1.807) is 13.8 Å². The molecule has 0 aliphatic carbocycles. The highest BCUT2D eigenvalue weighted by molar-refractivity contribution is 5.90. The average molecular weight is 386 g/mol. The van der Waals surface area contributed by atoms with Crippen molar-refractivity contribution in [2.75, 3.05) is 0 Å². The average Bonchev–Trinajstić information content (AvgIpc) is 2.89. The first-order chi connectivity index (χ1) is 12.6. The highest BCUT2D eigenvalue weighted by atomic mass is 19.4. The van der Waals surface area contributed by atoms with E-state index < -0.39 is 23.6 Å². The number of hydrogen-bond donors (Lipinski definition) is 2. The lowest BCUT2D eigenvalue weighted by Gasteiger charge is -2.17. The van der Waals surface area contributed by atoms with Gasteiger partial charge < -0.3 is 10.4 Å². The molecule has 1 aromatic carbocycles. The number of amidine groups is 1. The molecule has 1 unspecified atom stereocenters. The van der Waals surface area contributed by atoms with Gasteiger partial charge in [-0.3, -0.25) is 4.79 Å². The van der Waals surface area contributed by atoms with Gasteiger partial charge in [0, 0.05) is 5.56 Å². The Morgan fingerprint density at radius 2 is 2.11 bits per heavy atom. The number of nitrogens with zero attached hydrogens (tertiary/aromatic N) is 3. The summed E-state index contributed by atoms with van der Waals surface area (Å²) in [6.45, 7) is 4.42. The smallest absolute Gasteiger partial charge is 0.390 e. The van der Waals surface area contributed by atoms with Crippen molar-refractivity contribution in [3.63, 3.8) is 0 Å². The lowest BCUT2D eigenvalue weighted by atomic mass is 10.1. The van der Waals surface area contributed by atoms with Gasteiger partial charge >= 0.3 is 6.18 Å². The number of carbonyl (C=O) groups is 1. The van der Waals surface area contributed by atoms with E-state index in [1.165, 1.54) is 11.6 Å². The van der Waals surface area contributed by atoms with Crippen LogP contribution in [-0.4, -0.2) is 27.1 Å². The maximum atomic E-state index is 13.9. The van der Waals surface area contributed by atoms with Crippen molar-refractivity contribution >= 4 is 18.1 Å². The molecule has 27 heavy (non-hydrogen) atoms. The van der Waals surface area contributed by atoms with Crippen molar-refractivity contribution in [1.29, 1.82) is 0 Å². The SMILES string of the molecule is C/C(=N/c1c(C)c(CO)nn1C(C)c1ccc(C(F)(F)F)c(F)c1)NC=O.